The standard InChI is InChI=1S/C23H19ClN2O6/c1-3-12-13-6-5-11(32-22(24)29)7-17(13)25-19-14(12)9-26-18(19)8-16-15(20(26)27)10-31-21(28)23(16,30)4-2/h5-8,30H,3-4,9-10H2,1-2H3. The van der Waals surface area contributed by atoms with Crippen LogP contribution in [0.2, 0.25) is 0 Å². The van der Waals surface area contributed by atoms with E-state index < -0.39 is 17.0 Å². The highest BCUT2D eigenvalue weighted by Gasteiger charge is 2.45. The zero-order valence-electron chi connectivity index (χ0n) is 17.4. The van der Waals surface area contributed by atoms with Gasteiger partial charge in [-0.1, -0.05) is 13.8 Å². The SMILES string of the molecule is CCc1c2c(nc3cc(OC(=O)Cl)ccc13)-c1cc3c(c(=O)n1C2)COC(=O)C3(O)CC. The Morgan fingerprint density at radius 3 is 2.75 bits per heavy atom. The molecule has 3 aromatic rings. The summed E-state index contributed by atoms with van der Waals surface area (Å²) in [5, 5.41) is 11.9. The van der Waals surface area contributed by atoms with Gasteiger partial charge in [-0.3, -0.25) is 4.79 Å². The summed E-state index contributed by atoms with van der Waals surface area (Å²) in [5.41, 5.74) is 1.06. The summed E-state index contributed by atoms with van der Waals surface area (Å²) in [6, 6.07) is 6.75. The van der Waals surface area contributed by atoms with Gasteiger partial charge in [0.05, 0.1) is 29.0 Å². The molecule has 2 aliphatic heterocycles. The van der Waals surface area contributed by atoms with Crippen LogP contribution in [-0.4, -0.2) is 26.1 Å². The Hall–Kier alpha value is -3.23. The third kappa shape index (κ3) is 2.79. The van der Waals surface area contributed by atoms with E-state index >= 15 is 0 Å². The van der Waals surface area contributed by atoms with Crippen molar-refractivity contribution in [3.63, 3.8) is 0 Å². The number of hydrogen-bond acceptors (Lipinski definition) is 7. The van der Waals surface area contributed by atoms with Crippen molar-refractivity contribution in [1.29, 1.82) is 0 Å². The number of carbonyl (C=O) groups is 2. The number of rotatable bonds is 3. The van der Waals surface area contributed by atoms with Crippen LogP contribution in [-0.2, 0) is 34.7 Å². The molecule has 32 heavy (non-hydrogen) atoms. The molecule has 0 saturated heterocycles. The maximum atomic E-state index is 13.3. The van der Waals surface area contributed by atoms with E-state index in [4.69, 9.17) is 26.1 Å². The number of aliphatic hydroxyl groups is 1. The van der Waals surface area contributed by atoms with Crippen LogP contribution in [0.3, 0.4) is 0 Å². The van der Waals surface area contributed by atoms with E-state index in [0.29, 0.717) is 29.9 Å². The quantitative estimate of drug-likeness (QED) is 0.373. The van der Waals surface area contributed by atoms with Gasteiger partial charge in [0.25, 0.3) is 5.56 Å². The first-order valence-electron chi connectivity index (χ1n) is 10.3. The molecule has 0 fully saturated rings. The number of halogens is 1. The van der Waals surface area contributed by atoms with Crippen molar-refractivity contribution in [3.05, 3.63) is 56.9 Å². The van der Waals surface area contributed by atoms with Crippen LogP contribution in [0.1, 0.15) is 42.5 Å². The highest BCUT2D eigenvalue weighted by molar-refractivity contribution is 6.61. The zero-order valence-corrected chi connectivity index (χ0v) is 18.2. The molecule has 1 N–H and O–H groups in total. The largest absolute Gasteiger partial charge is 0.458 e. The first-order chi connectivity index (χ1) is 15.3. The van der Waals surface area contributed by atoms with Crippen LogP contribution >= 0.6 is 11.6 Å². The van der Waals surface area contributed by atoms with E-state index in [2.05, 4.69) is 0 Å². The molecule has 0 radical (unpaired) electrons. The Kier molecular flexibility index (Phi) is 4.61. The molecule has 8 nitrogen and oxygen atoms in total. The third-order valence-electron chi connectivity index (χ3n) is 6.33. The lowest BCUT2D eigenvalue weighted by Crippen LogP contribution is -2.44. The van der Waals surface area contributed by atoms with Gasteiger partial charge in [0.1, 0.15) is 12.4 Å². The maximum Gasteiger partial charge on any atom is 0.409 e. The average Bonchev–Trinajstić information content (AvgIpc) is 3.13. The second-order valence-electron chi connectivity index (χ2n) is 7.89. The molecule has 2 aromatic heterocycles. The fourth-order valence-electron chi connectivity index (χ4n) is 4.71. The van der Waals surface area contributed by atoms with Crippen molar-refractivity contribution in [2.24, 2.45) is 0 Å². The van der Waals surface area contributed by atoms with Gasteiger partial charge in [-0.15, -0.1) is 0 Å². The Labute approximate surface area is 187 Å². The molecule has 0 bridgehead atoms. The molecule has 1 atom stereocenters. The van der Waals surface area contributed by atoms with Crippen LogP contribution in [0.4, 0.5) is 4.79 Å². The van der Waals surface area contributed by atoms with Crippen LogP contribution in [0.5, 0.6) is 5.75 Å². The second-order valence-corrected chi connectivity index (χ2v) is 8.20. The molecule has 0 aliphatic carbocycles. The lowest BCUT2D eigenvalue weighted by Gasteiger charge is -2.31. The highest BCUT2D eigenvalue weighted by atomic mass is 35.5. The summed E-state index contributed by atoms with van der Waals surface area (Å²) in [7, 11) is 0. The molecule has 9 heteroatoms. The minimum Gasteiger partial charge on any atom is -0.458 e. The molecule has 0 spiro atoms. The van der Waals surface area contributed by atoms with Crippen molar-refractivity contribution in [3.8, 4) is 17.1 Å². The predicted molar refractivity (Wildman–Crippen MR) is 116 cm³/mol. The number of nitrogens with zero attached hydrogens (tertiary/aromatic N) is 2. The first kappa shape index (κ1) is 20.7. The number of cyclic esters (lactones) is 1. The van der Waals surface area contributed by atoms with Crippen molar-refractivity contribution in [2.45, 2.75) is 45.4 Å². The summed E-state index contributed by atoms with van der Waals surface area (Å²) in [5.74, 6) is -0.501. The minimum absolute atomic E-state index is 0.0765. The predicted octanol–water partition coefficient (Wildman–Crippen LogP) is 3.38. The van der Waals surface area contributed by atoms with E-state index in [1.54, 1.807) is 29.7 Å². The lowest BCUT2D eigenvalue weighted by molar-refractivity contribution is -0.172. The number of pyridine rings is 2. The maximum absolute atomic E-state index is 13.3. The fourth-order valence-corrected chi connectivity index (χ4v) is 4.79. The number of ether oxygens (including phenoxy) is 2. The van der Waals surface area contributed by atoms with Gasteiger partial charge < -0.3 is 19.1 Å². The molecule has 164 valence electrons. The van der Waals surface area contributed by atoms with Gasteiger partial charge in [0, 0.05) is 34.2 Å². The second kappa shape index (κ2) is 7.15. The van der Waals surface area contributed by atoms with Crippen LogP contribution in [0.15, 0.2) is 29.1 Å². The van der Waals surface area contributed by atoms with Gasteiger partial charge in [-0.05, 0) is 36.6 Å². The van der Waals surface area contributed by atoms with Gasteiger partial charge >= 0.3 is 11.4 Å². The molecular formula is C23H19ClN2O6. The molecule has 1 unspecified atom stereocenters. The fraction of sp³-hybridized carbons (Fsp3) is 0.304. The molecule has 0 amide bonds. The van der Waals surface area contributed by atoms with Crippen LogP contribution in [0, 0.1) is 0 Å². The minimum atomic E-state index is -1.88. The van der Waals surface area contributed by atoms with Crippen molar-refractivity contribution in [1.82, 2.24) is 9.55 Å². The van der Waals surface area contributed by atoms with E-state index in [-0.39, 0.29) is 35.5 Å². The topological polar surface area (TPSA) is 108 Å². The number of esters is 1. The zero-order chi connectivity index (χ0) is 22.8. The number of fused-ring (bicyclic) bond motifs is 5. The number of carbonyl (C=O) groups excluding carboxylic acids is 2. The molecular weight excluding hydrogens is 436 g/mol. The Morgan fingerprint density at radius 2 is 2.06 bits per heavy atom. The summed E-state index contributed by atoms with van der Waals surface area (Å²) in [6.45, 7) is 3.84. The van der Waals surface area contributed by atoms with Crippen molar-refractivity contribution in [2.75, 3.05) is 0 Å². The van der Waals surface area contributed by atoms with Gasteiger partial charge in [0.2, 0.25) is 0 Å². The third-order valence-corrected chi connectivity index (χ3v) is 6.41. The normalized spacial score (nSPS) is 18.7. The van der Waals surface area contributed by atoms with Gasteiger partial charge in [-0.25, -0.2) is 14.6 Å². The average molecular weight is 455 g/mol. The number of benzene rings is 1. The summed E-state index contributed by atoms with van der Waals surface area (Å²) in [6.07, 6.45) is 0.770. The smallest absolute Gasteiger partial charge is 0.409 e. The van der Waals surface area contributed by atoms with E-state index in [1.165, 1.54) is 0 Å². The lowest BCUT2D eigenvalue weighted by atomic mass is 9.86. The monoisotopic (exact) mass is 454 g/mol. The molecule has 1 aromatic carbocycles. The summed E-state index contributed by atoms with van der Waals surface area (Å²) < 4.78 is 11.7. The van der Waals surface area contributed by atoms with Crippen molar-refractivity contribution >= 4 is 33.9 Å². The van der Waals surface area contributed by atoms with E-state index in [0.717, 1.165) is 16.5 Å². The summed E-state index contributed by atoms with van der Waals surface area (Å²) >= 11 is 5.34. The van der Waals surface area contributed by atoms with Gasteiger partial charge in [0.15, 0.2) is 5.60 Å². The van der Waals surface area contributed by atoms with E-state index in [9.17, 15) is 19.5 Å². The molecule has 4 heterocycles. The van der Waals surface area contributed by atoms with Crippen LogP contribution in [0.25, 0.3) is 22.3 Å². The van der Waals surface area contributed by atoms with Gasteiger partial charge in [-0.2, -0.15) is 0 Å². The van der Waals surface area contributed by atoms with Crippen LogP contribution < -0.4 is 10.3 Å². The highest BCUT2D eigenvalue weighted by Crippen LogP contribution is 2.40. The number of aromatic nitrogens is 2. The summed E-state index contributed by atoms with van der Waals surface area (Å²) in [4.78, 5) is 41.5. The number of aryl methyl sites for hydroxylation is 1. The van der Waals surface area contributed by atoms with Crippen molar-refractivity contribution < 1.29 is 24.2 Å². The Balaban J connectivity index is 1.78. The molecule has 2 aliphatic rings. The number of hydrogen-bond donors (Lipinski definition) is 1. The first-order valence-corrected chi connectivity index (χ1v) is 10.7. The molecule has 5 rings (SSSR count). The molecule has 0 saturated carbocycles. The Bertz CT molecular complexity index is 1400. The van der Waals surface area contributed by atoms with E-state index in [1.807, 2.05) is 13.0 Å². The Morgan fingerprint density at radius 1 is 1.28 bits per heavy atom.